The van der Waals surface area contributed by atoms with Crippen molar-refractivity contribution < 1.29 is 54.0 Å². The summed E-state index contributed by atoms with van der Waals surface area (Å²) in [5.41, 5.74) is 4.56. The van der Waals surface area contributed by atoms with Gasteiger partial charge in [0.05, 0.1) is 0 Å². The summed E-state index contributed by atoms with van der Waals surface area (Å²) in [7, 11) is -1.36. The molecule has 0 atom stereocenters. The maximum absolute atomic E-state index is 5.97. The van der Waals surface area contributed by atoms with E-state index in [9.17, 15) is 0 Å². The third-order valence-corrected chi connectivity index (χ3v) is 5.43. The van der Waals surface area contributed by atoms with E-state index in [1.165, 1.54) is 11.1 Å². The fourth-order valence-electron chi connectivity index (χ4n) is 2.32. The zero-order chi connectivity index (χ0) is 13.2. The van der Waals surface area contributed by atoms with Gasteiger partial charge in [-0.05, 0) is 0 Å². The first kappa shape index (κ1) is 20.6. The Hall–Kier alpha value is 0.600. The van der Waals surface area contributed by atoms with Crippen LogP contribution in [0.2, 0.25) is 19.6 Å². The topological polar surface area (TPSA) is 9.23 Å². The Labute approximate surface area is 151 Å². The molecule has 0 unspecified atom stereocenters. The fourth-order valence-corrected chi connectivity index (χ4v) is 3.90. The third-order valence-electron chi connectivity index (χ3n) is 3.19. The Morgan fingerprint density at radius 3 is 2.30 bits per heavy atom. The predicted octanol–water partition coefficient (Wildman–Crippen LogP) is -1.75. The molecule has 2 aliphatic carbocycles. The van der Waals surface area contributed by atoms with Gasteiger partial charge in [0.2, 0.25) is 0 Å². The maximum Gasteiger partial charge on any atom is -1.00 e. The number of rotatable bonds is 5. The summed E-state index contributed by atoms with van der Waals surface area (Å²) in [5.74, 6) is 0. The van der Waals surface area contributed by atoms with E-state index >= 15 is 0 Å². The van der Waals surface area contributed by atoms with Gasteiger partial charge in [0.15, 0.2) is 0 Å². The van der Waals surface area contributed by atoms with Crippen molar-refractivity contribution in [1.29, 1.82) is 0 Å². The van der Waals surface area contributed by atoms with Crippen LogP contribution >= 0.6 is 0 Å². The van der Waals surface area contributed by atoms with E-state index in [0.717, 1.165) is 25.9 Å². The molecule has 0 spiro atoms. The minimum absolute atomic E-state index is 0. The van der Waals surface area contributed by atoms with Gasteiger partial charge in [0.1, 0.15) is 0 Å². The molecule has 109 valence electrons. The molecule has 0 fully saturated rings. The molecule has 2 rings (SSSR count). The molecule has 20 heavy (non-hydrogen) atoms. The van der Waals surface area contributed by atoms with E-state index in [-0.39, 0.29) is 24.8 Å². The zero-order valence-electron chi connectivity index (χ0n) is 12.3. The zero-order valence-corrected chi connectivity index (χ0v) is 17.3. The molecule has 0 aromatic carbocycles. The van der Waals surface area contributed by atoms with Gasteiger partial charge in [-0.15, -0.1) is 0 Å². The molecule has 0 radical (unpaired) electrons. The molecule has 2 aliphatic rings. The first-order valence-corrected chi connectivity index (χ1v) is 11.3. The van der Waals surface area contributed by atoms with E-state index in [1.807, 2.05) is 0 Å². The van der Waals surface area contributed by atoms with Crippen LogP contribution in [0.15, 0.2) is 44.3 Å². The average molecular weight is 408 g/mol. The van der Waals surface area contributed by atoms with Crippen LogP contribution in [0.5, 0.6) is 0 Å². The van der Waals surface area contributed by atoms with Crippen molar-refractivity contribution in [3.63, 3.8) is 0 Å². The number of hydrogen-bond acceptors (Lipinski definition) is 1. The monoisotopic (exact) mass is 405 g/mol. The second kappa shape index (κ2) is 8.90. The van der Waals surface area contributed by atoms with Crippen LogP contribution in [-0.4, -0.2) is 14.9 Å². The van der Waals surface area contributed by atoms with Crippen molar-refractivity contribution >= 4 is 8.32 Å². The molecule has 0 amide bonds. The second-order valence-corrected chi connectivity index (χ2v) is 11.8. The van der Waals surface area contributed by atoms with Crippen molar-refractivity contribution in [3.8, 4) is 0 Å². The first-order valence-electron chi connectivity index (χ1n) is 6.61. The van der Waals surface area contributed by atoms with Crippen LogP contribution in [0.25, 0.3) is 0 Å². The Morgan fingerprint density at radius 2 is 1.75 bits per heavy atom. The van der Waals surface area contributed by atoms with Gasteiger partial charge in [0.25, 0.3) is 0 Å². The standard InChI is InChI=1S/C15H21OSi.2ClH.Zr/c1-17(2,3)16-12-11-14-9-6-10-15(14)13-7-4-5-8-13;;;/h4,6-7,9H,5,10-12H2,1-3H3;2*1H;/q;;;+2/p-2. The van der Waals surface area contributed by atoms with Gasteiger partial charge in [-0.2, -0.15) is 0 Å². The quantitative estimate of drug-likeness (QED) is 0.492. The summed E-state index contributed by atoms with van der Waals surface area (Å²) in [6, 6.07) is 0. The summed E-state index contributed by atoms with van der Waals surface area (Å²) in [6.07, 6.45) is 12.5. The average Bonchev–Trinajstić information content (AvgIpc) is 2.84. The van der Waals surface area contributed by atoms with Crippen LogP contribution in [0.1, 0.15) is 19.3 Å². The predicted molar refractivity (Wildman–Crippen MR) is 75.5 cm³/mol. The summed E-state index contributed by atoms with van der Waals surface area (Å²) in [6.45, 7) is 7.64. The van der Waals surface area contributed by atoms with E-state index in [2.05, 4.69) is 43.9 Å². The molecule has 0 saturated carbocycles. The van der Waals surface area contributed by atoms with Crippen LogP contribution in [0.3, 0.4) is 0 Å². The molecule has 0 aliphatic heterocycles. The van der Waals surface area contributed by atoms with E-state index in [0.29, 0.717) is 0 Å². The van der Waals surface area contributed by atoms with Crippen molar-refractivity contribution in [1.82, 2.24) is 0 Å². The molecule has 1 nitrogen and oxygen atoms in total. The van der Waals surface area contributed by atoms with Gasteiger partial charge >= 0.3 is 127 Å². The van der Waals surface area contributed by atoms with Gasteiger partial charge in [0, 0.05) is 0 Å². The van der Waals surface area contributed by atoms with Crippen molar-refractivity contribution in [2.45, 2.75) is 38.9 Å². The Kier molecular flexibility index (Phi) is 9.17. The van der Waals surface area contributed by atoms with Crippen LogP contribution < -0.4 is 24.8 Å². The van der Waals surface area contributed by atoms with Crippen LogP contribution in [-0.2, 0) is 29.1 Å². The first-order chi connectivity index (χ1) is 8.47. The van der Waals surface area contributed by atoms with Gasteiger partial charge in [-0.25, -0.2) is 0 Å². The third kappa shape index (κ3) is 5.77. The SMILES string of the molecule is C[Si](C)(C)OCCC1=C(C2=[C]([Zr+2])CC=C2)CC=C1.[Cl-].[Cl-]. The van der Waals surface area contributed by atoms with Crippen LogP contribution in [0, 0.1) is 0 Å². The van der Waals surface area contributed by atoms with E-state index < -0.39 is 8.32 Å². The largest absolute Gasteiger partial charge is 1.00 e. The number of allylic oxidation sites excluding steroid dienone is 7. The van der Waals surface area contributed by atoms with Crippen molar-refractivity contribution in [2.75, 3.05) is 6.61 Å². The van der Waals surface area contributed by atoms with Gasteiger partial charge in [-0.3, -0.25) is 0 Å². The molecule has 0 bridgehead atoms. The molecule has 0 saturated heterocycles. The Morgan fingerprint density at radius 1 is 1.10 bits per heavy atom. The molecule has 0 aromatic rings. The molecular formula is C15H21Cl2OSiZr. The van der Waals surface area contributed by atoms with Crippen molar-refractivity contribution in [2.24, 2.45) is 0 Å². The minimum Gasteiger partial charge on any atom is -1.00 e. The second-order valence-electron chi connectivity index (χ2n) is 5.82. The van der Waals surface area contributed by atoms with E-state index in [4.69, 9.17) is 4.43 Å². The fraction of sp³-hybridized carbons (Fsp3) is 0.467. The smallest absolute Gasteiger partial charge is 1.00 e. The molecular weight excluding hydrogens is 386 g/mol. The molecule has 0 N–H and O–H groups in total. The normalized spacial score (nSPS) is 17.6. The summed E-state index contributed by atoms with van der Waals surface area (Å²) in [4.78, 5) is 0. The molecule has 0 aromatic heterocycles. The molecule has 5 heteroatoms. The summed E-state index contributed by atoms with van der Waals surface area (Å²) in [5, 5.41) is 0. The van der Waals surface area contributed by atoms with Gasteiger partial charge in [-0.1, -0.05) is 0 Å². The van der Waals surface area contributed by atoms with Gasteiger partial charge < -0.3 is 24.8 Å². The molecule has 0 heterocycles. The summed E-state index contributed by atoms with van der Waals surface area (Å²) < 4.78 is 7.57. The van der Waals surface area contributed by atoms with Crippen molar-refractivity contribution in [3.05, 3.63) is 44.3 Å². The minimum atomic E-state index is -1.36. The number of halogens is 2. The number of hydrogen-bond donors (Lipinski definition) is 0. The summed E-state index contributed by atoms with van der Waals surface area (Å²) >= 11 is 1.56. The Balaban J connectivity index is 0.00000180. The van der Waals surface area contributed by atoms with Crippen LogP contribution in [0.4, 0.5) is 0 Å². The maximum atomic E-state index is 5.97. The van der Waals surface area contributed by atoms with E-state index in [1.54, 1.807) is 33.6 Å². The Bertz CT molecular complexity index is 459.